The van der Waals surface area contributed by atoms with Gasteiger partial charge in [-0.2, -0.15) is 0 Å². The van der Waals surface area contributed by atoms with Crippen molar-refractivity contribution in [2.75, 3.05) is 53.2 Å². The molecule has 276 valence electrons. The van der Waals surface area contributed by atoms with E-state index in [9.17, 15) is 19.5 Å². The summed E-state index contributed by atoms with van der Waals surface area (Å²) in [6.07, 6.45) is 2.93. The molecule has 0 aromatic heterocycles. The Hall–Kier alpha value is -3.09. The number of methoxy groups -OCH3 is 1. The number of amides is 3. The molecule has 12 nitrogen and oxygen atoms in total. The van der Waals surface area contributed by atoms with Crippen LogP contribution >= 0.6 is 0 Å². The smallest absolute Gasteiger partial charge is 0.410 e. The number of hydrogen-bond acceptors (Lipinski definition) is 9. The zero-order valence-electron chi connectivity index (χ0n) is 30.6. The molecule has 2 heterocycles. The number of carbonyl (C=O) groups is 3. The highest BCUT2D eigenvalue weighted by molar-refractivity contribution is 5.86. The number of ether oxygens (including phenoxy) is 5. The van der Waals surface area contributed by atoms with Crippen LogP contribution in [0.25, 0.3) is 0 Å². The first-order valence-electron chi connectivity index (χ1n) is 18.1. The van der Waals surface area contributed by atoms with Crippen LogP contribution in [0.5, 0.6) is 11.5 Å². The van der Waals surface area contributed by atoms with E-state index in [1.165, 1.54) is 4.90 Å². The van der Waals surface area contributed by atoms with Gasteiger partial charge in [0.2, 0.25) is 11.8 Å². The number of likely N-dealkylation sites (tertiary alicyclic amines) is 1. The number of carbonyl (C=O) groups excluding carboxylic acids is 3. The zero-order valence-corrected chi connectivity index (χ0v) is 30.6. The Morgan fingerprint density at radius 1 is 1.12 bits per heavy atom. The lowest BCUT2D eigenvalue weighted by atomic mass is 9.84. The summed E-state index contributed by atoms with van der Waals surface area (Å²) in [7, 11) is 1.66. The molecule has 2 N–H and O–H groups in total. The highest BCUT2D eigenvalue weighted by Gasteiger charge is 2.48. The van der Waals surface area contributed by atoms with Crippen LogP contribution in [-0.4, -0.2) is 110 Å². The summed E-state index contributed by atoms with van der Waals surface area (Å²) in [6.45, 7) is 14.1. The number of benzene rings is 1. The summed E-state index contributed by atoms with van der Waals surface area (Å²) in [6, 6.07) is 3.68. The van der Waals surface area contributed by atoms with Crippen LogP contribution in [0.4, 0.5) is 4.79 Å². The Morgan fingerprint density at radius 3 is 2.51 bits per heavy atom. The molecule has 12 heteroatoms. The van der Waals surface area contributed by atoms with Crippen LogP contribution in [-0.2, 0) is 36.8 Å². The van der Waals surface area contributed by atoms with Gasteiger partial charge in [-0.05, 0) is 83.4 Å². The van der Waals surface area contributed by atoms with Crippen molar-refractivity contribution in [2.24, 2.45) is 17.8 Å². The van der Waals surface area contributed by atoms with Gasteiger partial charge >= 0.3 is 6.09 Å². The molecule has 1 saturated heterocycles. The van der Waals surface area contributed by atoms with Gasteiger partial charge in [0.15, 0.2) is 0 Å². The molecule has 2 fully saturated rings. The van der Waals surface area contributed by atoms with Gasteiger partial charge in [0.05, 0.1) is 43.8 Å². The average Bonchev–Trinajstić information content (AvgIpc) is 3.88. The molecular weight excluding hydrogens is 630 g/mol. The maximum atomic E-state index is 14.5. The fourth-order valence-electron chi connectivity index (χ4n) is 6.56. The predicted octanol–water partition coefficient (Wildman–Crippen LogP) is 4.33. The number of hydrogen-bond donors (Lipinski definition) is 2. The van der Waals surface area contributed by atoms with Gasteiger partial charge in [-0.25, -0.2) is 4.79 Å². The van der Waals surface area contributed by atoms with E-state index in [2.05, 4.69) is 19.2 Å². The first-order valence-corrected chi connectivity index (χ1v) is 18.1. The van der Waals surface area contributed by atoms with Crippen LogP contribution in [0.3, 0.4) is 0 Å². The van der Waals surface area contributed by atoms with Crippen LogP contribution in [0, 0.1) is 17.8 Å². The van der Waals surface area contributed by atoms with Gasteiger partial charge in [-0.1, -0.05) is 13.8 Å². The molecule has 2 aliphatic heterocycles. The maximum absolute atomic E-state index is 14.5. The molecule has 0 radical (unpaired) electrons. The Bertz CT molecular complexity index is 1260. The molecule has 1 aromatic carbocycles. The molecule has 1 saturated carbocycles. The van der Waals surface area contributed by atoms with E-state index < -0.39 is 35.5 Å². The van der Waals surface area contributed by atoms with Gasteiger partial charge in [-0.15, -0.1) is 0 Å². The second-order valence-electron chi connectivity index (χ2n) is 15.0. The molecule has 49 heavy (non-hydrogen) atoms. The van der Waals surface area contributed by atoms with E-state index >= 15 is 0 Å². The fraction of sp³-hybridized carbons (Fsp3) is 0.757. The first kappa shape index (κ1) is 38.7. The number of aliphatic hydroxyl groups excluding tert-OH is 1. The van der Waals surface area contributed by atoms with E-state index in [4.69, 9.17) is 23.7 Å². The van der Waals surface area contributed by atoms with Gasteiger partial charge < -0.3 is 43.9 Å². The largest absolute Gasteiger partial charge is 0.493 e. The first-order chi connectivity index (χ1) is 23.3. The van der Waals surface area contributed by atoms with Crippen molar-refractivity contribution in [1.82, 2.24) is 15.1 Å². The molecule has 1 aliphatic carbocycles. The molecule has 3 aliphatic rings. The Labute approximate surface area is 292 Å². The number of nitrogens with one attached hydrogen (secondary N) is 1. The van der Waals surface area contributed by atoms with Crippen molar-refractivity contribution < 1.29 is 43.2 Å². The molecular formula is C37H59N3O9. The van der Waals surface area contributed by atoms with Crippen LogP contribution < -0.4 is 14.8 Å². The van der Waals surface area contributed by atoms with Gasteiger partial charge in [0, 0.05) is 58.0 Å². The number of fused-ring (bicyclic) bond motifs is 1. The third-order valence-corrected chi connectivity index (χ3v) is 9.02. The quantitative estimate of drug-likeness (QED) is 0.243. The number of rotatable bonds is 16. The molecule has 3 amide bonds. The minimum atomic E-state index is -1.30. The minimum absolute atomic E-state index is 0.00600. The molecule has 4 atom stereocenters. The number of aliphatic hydroxyl groups is 1. The zero-order chi connectivity index (χ0) is 35.7. The number of nitrogens with zero attached hydrogens (tertiary/aromatic N) is 2. The van der Waals surface area contributed by atoms with Crippen LogP contribution in [0.1, 0.15) is 84.8 Å². The summed E-state index contributed by atoms with van der Waals surface area (Å²) in [5.41, 5.74) is 1.11. The summed E-state index contributed by atoms with van der Waals surface area (Å²) in [5, 5.41) is 14.8. The van der Waals surface area contributed by atoms with E-state index in [0.29, 0.717) is 45.4 Å². The van der Waals surface area contributed by atoms with Crippen molar-refractivity contribution in [1.29, 1.82) is 0 Å². The van der Waals surface area contributed by atoms with E-state index in [1.54, 1.807) is 32.8 Å². The van der Waals surface area contributed by atoms with Crippen molar-refractivity contribution in [3.63, 3.8) is 0 Å². The SMILES string of the molecule is CCOCC(CC(C)C)NC(=O)[C@@H]1CN(C(=O)OC(C)(C)C)CC(C(=O)N(Cc2cc(OCCCOC)c3c(c2)OCCC3)C2CC2)[C@@H]1O. The van der Waals surface area contributed by atoms with Crippen molar-refractivity contribution in [3.05, 3.63) is 23.3 Å². The summed E-state index contributed by atoms with van der Waals surface area (Å²) in [5.74, 6) is -0.947. The lowest BCUT2D eigenvalue weighted by Gasteiger charge is -2.42. The van der Waals surface area contributed by atoms with E-state index in [1.807, 2.05) is 19.1 Å². The lowest BCUT2D eigenvalue weighted by molar-refractivity contribution is -0.150. The normalized spacial score (nSPS) is 21.4. The van der Waals surface area contributed by atoms with Gasteiger partial charge in [0.25, 0.3) is 0 Å². The third-order valence-electron chi connectivity index (χ3n) is 9.02. The summed E-state index contributed by atoms with van der Waals surface area (Å²) < 4.78 is 28.7. The molecule has 2 unspecified atom stereocenters. The van der Waals surface area contributed by atoms with Crippen LogP contribution in [0.15, 0.2) is 12.1 Å². The summed E-state index contributed by atoms with van der Waals surface area (Å²) in [4.78, 5) is 44.9. The monoisotopic (exact) mass is 689 g/mol. The lowest BCUT2D eigenvalue weighted by Crippen LogP contribution is -2.61. The Balaban J connectivity index is 1.59. The highest BCUT2D eigenvalue weighted by atomic mass is 16.6. The Kier molecular flexibility index (Phi) is 14.0. The third kappa shape index (κ3) is 11.2. The molecule has 0 spiro atoms. The Morgan fingerprint density at radius 2 is 1.86 bits per heavy atom. The van der Waals surface area contributed by atoms with Gasteiger partial charge in [0.1, 0.15) is 17.1 Å². The summed E-state index contributed by atoms with van der Waals surface area (Å²) >= 11 is 0. The number of piperidine rings is 1. The molecule has 0 bridgehead atoms. The molecule has 1 aromatic rings. The van der Waals surface area contributed by atoms with Crippen molar-refractivity contribution in [3.8, 4) is 11.5 Å². The van der Waals surface area contributed by atoms with Crippen molar-refractivity contribution in [2.45, 2.75) is 110 Å². The maximum Gasteiger partial charge on any atom is 0.410 e. The minimum Gasteiger partial charge on any atom is -0.493 e. The highest BCUT2D eigenvalue weighted by Crippen LogP contribution is 2.38. The van der Waals surface area contributed by atoms with Crippen LogP contribution in [0.2, 0.25) is 0 Å². The molecule has 4 rings (SSSR count). The predicted molar refractivity (Wildman–Crippen MR) is 184 cm³/mol. The second-order valence-corrected chi connectivity index (χ2v) is 15.0. The average molecular weight is 690 g/mol. The topological polar surface area (TPSA) is 136 Å². The van der Waals surface area contributed by atoms with Gasteiger partial charge in [-0.3, -0.25) is 9.59 Å². The standard InChI is InChI=1S/C37H59N3O9/c1-8-46-23-26(17-24(2)3)38-34(42)29-21-39(36(44)49-37(4,5)6)22-30(33(29)41)35(43)40(27-12-13-27)20-25-18-31-28(11-9-15-47-31)32(19-25)48-16-10-14-45-7/h18-19,24,26-27,29-30,33,41H,8-17,20-23H2,1-7H3,(H,38,42)/t26?,29-,30?,33-/m1/s1. The van der Waals surface area contributed by atoms with Crippen molar-refractivity contribution >= 4 is 17.9 Å². The second kappa shape index (κ2) is 17.7. The van der Waals surface area contributed by atoms with E-state index in [-0.39, 0.29) is 37.6 Å². The fourth-order valence-corrected chi connectivity index (χ4v) is 6.56. The van der Waals surface area contributed by atoms with E-state index in [0.717, 1.165) is 54.7 Å².